The van der Waals surface area contributed by atoms with E-state index in [-0.39, 0.29) is 0 Å². The van der Waals surface area contributed by atoms with Crippen molar-refractivity contribution in [3.63, 3.8) is 0 Å². The van der Waals surface area contributed by atoms with Crippen molar-refractivity contribution in [1.29, 1.82) is 0 Å². The summed E-state index contributed by atoms with van der Waals surface area (Å²) in [6.45, 7) is 7.86. The lowest BCUT2D eigenvalue weighted by Crippen LogP contribution is -2.09. The maximum absolute atomic E-state index is 6.35. The molecule has 26 aromatic rings. The predicted molar refractivity (Wildman–Crippen MR) is 598 cm³/mol. The van der Waals surface area contributed by atoms with Crippen LogP contribution in [0.15, 0.2) is 527 Å². The van der Waals surface area contributed by atoms with Gasteiger partial charge in [-0.15, -0.1) is 11.3 Å². The first-order chi connectivity index (χ1) is 69.3. The van der Waals surface area contributed by atoms with E-state index in [1.807, 2.05) is 35.6 Å². The molecular weight excluding hydrogens is 1710 g/mol. The van der Waals surface area contributed by atoms with Gasteiger partial charge in [0, 0.05) is 104 Å². The fourth-order valence-corrected chi connectivity index (χ4v) is 21.8. The number of benzene rings is 22. The normalized spacial score (nSPS) is 11.5. The molecule has 658 valence electrons. The van der Waals surface area contributed by atoms with Crippen LogP contribution in [0.5, 0.6) is 0 Å². The quantitative estimate of drug-likeness (QED) is 0.0808. The molecule has 5 nitrogen and oxygen atoms in total. The van der Waals surface area contributed by atoms with E-state index < -0.39 is 0 Å². The third-order valence-electron chi connectivity index (χ3n) is 27.8. The molecule has 0 aliphatic carbocycles. The maximum atomic E-state index is 6.35. The van der Waals surface area contributed by atoms with E-state index in [1.165, 1.54) is 158 Å². The molecule has 0 aliphatic heterocycles. The van der Waals surface area contributed by atoms with Crippen molar-refractivity contribution in [3.05, 3.63) is 534 Å². The van der Waals surface area contributed by atoms with Crippen LogP contribution in [0, 0.1) is 0 Å². The summed E-state index contributed by atoms with van der Waals surface area (Å²) >= 11 is 1.88. The Labute approximate surface area is 816 Å². The van der Waals surface area contributed by atoms with Crippen LogP contribution in [0.4, 0.5) is 34.1 Å². The van der Waals surface area contributed by atoms with E-state index in [0.717, 1.165) is 95.0 Å². The van der Waals surface area contributed by atoms with E-state index in [1.54, 1.807) is 0 Å². The van der Waals surface area contributed by atoms with E-state index in [4.69, 9.17) is 4.42 Å². The molecule has 0 saturated carbocycles. The largest absolute Gasteiger partial charge is 0.455 e. The van der Waals surface area contributed by atoms with Gasteiger partial charge in [0.15, 0.2) is 0 Å². The zero-order chi connectivity index (χ0) is 93.1. The van der Waals surface area contributed by atoms with Gasteiger partial charge in [0.2, 0.25) is 0 Å². The lowest BCUT2D eigenvalue weighted by Gasteiger charge is -2.26. The summed E-state index contributed by atoms with van der Waals surface area (Å²) in [4.78, 5) is 4.71. The van der Waals surface area contributed by atoms with Gasteiger partial charge in [-0.3, -0.25) is 0 Å². The first-order valence-electron chi connectivity index (χ1n) is 47.7. The average Bonchev–Trinajstić information content (AvgIpc) is 1.59. The highest BCUT2D eigenvalue weighted by atomic mass is 32.1. The molecule has 0 bridgehead atoms. The van der Waals surface area contributed by atoms with Crippen LogP contribution in [0.1, 0.15) is 11.1 Å². The van der Waals surface area contributed by atoms with Crippen LogP contribution in [0.2, 0.25) is 0 Å². The number of aromatic nitrogens is 2. The van der Waals surface area contributed by atoms with Crippen molar-refractivity contribution >= 4 is 154 Å². The second-order valence-corrected chi connectivity index (χ2v) is 37.0. The molecule has 0 aliphatic rings. The van der Waals surface area contributed by atoms with Crippen molar-refractivity contribution in [2.45, 2.75) is 0 Å². The SMILES string of the molecule is C=Cc1ccc(-c2ccc(N(c3ccc(-c4ccc(-c5ccc(-c6cccc7c6oc6ccccc67)cc5)cc4)cc3)c3ccc(-c4ccc(-c5ccc6c(c5)c5ccccc5n6-c5ccccc5)cc4)cc3)cc2)cc1.C=Cc1ccc(-c2ccc(N(c3ccc(-c4ccc5c(c4)c4ccccc4n5-c4ccccc4)cc3)c3ccc4cc(-c5cccc6c5sc5ccccc56)ccc4c3)cc2)cc1. The topological polar surface area (TPSA) is 29.5 Å². The third-order valence-corrected chi connectivity index (χ3v) is 29.0. The molecule has 0 amide bonds. The maximum Gasteiger partial charge on any atom is 0.143 e. The van der Waals surface area contributed by atoms with Crippen molar-refractivity contribution in [2.75, 3.05) is 9.80 Å². The third kappa shape index (κ3) is 15.5. The molecule has 0 unspecified atom stereocenters. The zero-order valence-corrected chi connectivity index (χ0v) is 77.5. The predicted octanol–water partition coefficient (Wildman–Crippen LogP) is 38.2. The summed E-state index contributed by atoms with van der Waals surface area (Å²) in [5, 5.41) is 12.3. The molecule has 22 aromatic carbocycles. The number of fused-ring (bicyclic) bond motifs is 13. The van der Waals surface area contributed by atoms with Crippen LogP contribution >= 0.6 is 11.3 Å². The number of para-hydroxylation sites is 6. The van der Waals surface area contributed by atoms with Crippen molar-refractivity contribution in [3.8, 4) is 112 Å². The van der Waals surface area contributed by atoms with Gasteiger partial charge < -0.3 is 23.4 Å². The molecule has 4 heterocycles. The molecule has 0 saturated heterocycles. The summed E-state index contributed by atoms with van der Waals surface area (Å²) < 4.78 is 13.7. The Hall–Kier alpha value is -18.2. The minimum Gasteiger partial charge on any atom is -0.455 e. The highest BCUT2D eigenvalue weighted by Gasteiger charge is 2.23. The lowest BCUT2D eigenvalue weighted by atomic mass is 9.97. The Bertz CT molecular complexity index is 9180. The van der Waals surface area contributed by atoms with Gasteiger partial charge in [0.05, 0.1) is 22.1 Å². The number of anilines is 6. The van der Waals surface area contributed by atoms with Gasteiger partial charge in [-0.25, -0.2) is 0 Å². The van der Waals surface area contributed by atoms with E-state index in [2.05, 4.69) is 530 Å². The molecular formula is C134H90N4OS. The molecule has 4 aromatic heterocycles. The molecule has 26 rings (SSSR count). The molecule has 0 spiro atoms. The Balaban J connectivity index is 0.000000151. The second kappa shape index (κ2) is 35.9. The van der Waals surface area contributed by atoms with Crippen molar-refractivity contribution in [2.24, 2.45) is 0 Å². The number of nitrogens with zero attached hydrogens (tertiary/aromatic N) is 4. The highest BCUT2D eigenvalue weighted by Crippen LogP contribution is 2.47. The van der Waals surface area contributed by atoms with E-state index in [0.29, 0.717) is 0 Å². The van der Waals surface area contributed by atoms with Gasteiger partial charge >= 0.3 is 0 Å². The van der Waals surface area contributed by atoms with Crippen LogP contribution in [-0.2, 0) is 0 Å². The average molecular weight is 1800 g/mol. The Morgan fingerprint density at radius 1 is 0.207 bits per heavy atom. The number of hydrogen-bond acceptors (Lipinski definition) is 4. The standard InChI is InChI=1S/C74H50N2O.C60H40N2S/c1-2-50-19-21-51(22-20-50)56-35-42-63(43-36-56)75(64-44-37-57(38-45-64)53-25-23-52(24-26-53)55-31-33-60(34-32-55)66-15-10-16-69-68-14-7-9-18-73(68)77-74(66)69)65-46-39-58(40-47-65)54-27-29-59(30-28-54)61-41-48-72-70(49-61)67-13-6-8-17-71(67)76(72)62-11-4-3-5-12-62;1-2-40-19-21-41(22-20-40)42-25-31-49(32-26-42)61(51-35-29-44-37-47(24-23-45(44)38-51)52-15-10-16-55-54-14-7-9-18-59(54)63-60(52)55)50-33-27-43(28-34-50)46-30-36-58-56(39-46)53-13-6-8-17-57(53)62(58)48-11-4-3-5-12-48/h2-49H,1H2;2-39H,1H2. The number of rotatable bonds is 19. The van der Waals surface area contributed by atoms with Gasteiger partial charge in [0.1, 0.15) is 11.2 Å². The molecule has 0 fully saturated rings. The van der Waals surface area contributed by atoms with Crippen molar-refractivity contribution in [1.82, 2.24) is 9.13 Å². The lowest BCUT2D eigenvalue weighted by molar-refractivity contribution is 0.670. The van der Waals surface area contributed by atoms with Crippen LogP contribution in [-0.4, -0.2) is 9.13 Å². The minimum atomic E-state index is 0.912. The summed E-state index contributed by atoms with van der Waals surface area (Å²) in [5.74, 6) is 0. The van der Waals surface area contributed by atoms with E-state index >= 15 is 0 Å². The Kier molecular flexibility index (Phi) is 21.4. The van der Waals surface area contributed by atoms with Crippen LogP contribution in [0.3, 0.4) is 0 Å². The van der Waals surface area contributed by atoms with Crippen molar-refractivity contribution < 1.29 is 4.42 Å². The number of furan rings is 1. The summed E-state index contributed by atoms with van der Waals surface area (Å²) in [5.41, 5.74) is 38.9. The Morgan fingerprint density at radius 3 is 0.971 bits per heavy atom. The molecule has 0 N–H and O–H groups in total. The fraction of sp³-hybridized carbons (Fsp3) is 0. The zero-order valence-electron chi connectivity index (χ0n) is 76.7. The van der Waals surface area contributed by atoms with Gasteiger partial charge in [-0.1, -0.05) is 383 Å². The molecule has 0 atom stereocenters. The first kappa shape index (κ1) is 83.6. The summed E-state index contributed by atoms with van der Waals surface area (Å²) in [6, 6.07) is 185. The van der Waals surface area contributed by atoms with Gasteiger partial charge in [-0.05, 0) is 268 Å². The monoisotopic (exact) mass is 1800 g/mol. The second-order valence-electron chi connectivity index (χ2n) is 35.9. The summed E-state index contributed by atoms with van der Waals surface area (Å²) in [7, 11) is 0. The number of hydrogen-bond donors (Lipinski definition) is 0. The van der Waals surface area contributed by atoms with E-state index in [9.17, 15) is 0 Å². The fourth-order valence-electron chi connectivity index (χ4n) is 20.6. The van der Waals surface area contributed by atoms with Gasteiger partial charge in [-0.2, -0.15) is 0 Å². The highest BCUT2D eigenvalue weighted by molar-refractivity contribution is 7.26. The first-order valence-corrected chi connectivity index (χ1v) is 48.5. The molecule has 0 radical (unpaired) electrons. The molecule has 140 heavy (non-hydrogen) atoms. The van der Waals surface area contributed by atoms with Crippen LogP contribution < -0.4 is 9.80 Å². The summed E-state index contributed by atoms with van der Waals surface area (Å²) in [6.07, 6.45) is 3.76. The Morgan fingerprint density at radius 2 is 0.521 bits per heavy atom. The molecule has 6 heteroatoms. The van der Waals surface area contributed by atoms with Gasteiger partial charge in [0.25, 0.3) is 0 Å². The smallest absolute Gasteiger partial charge is 0.143 e. The minimum absolute atomic E-state index is 0.912. The number of thiophene rings is 1. The van der Waals surface area contributed by atoms with Crippen LogP contribution in [0.25, 0.3) is 220 Å².